The second-order valence-corrected chi connectivity index (χ2v) is 13.0. The molecule has 0 saturated heterocycles. The van der Waals surface area contributed by atoms with Crippen LogP contribution in [0.25, 0.3) is 0 Å². The lowest BCUT2D eigenvalue weighted by Crippen LogP contribution is -2.18. The number of hydrogen-bond donors (Lipinski definition) is 2. The van der Waals surface area contributed by atoms with E-state index in [1.165, 1.54) is 36.4 Å². The number of aromatic nitrogens is 1. The Balaban J connectivity index is 1.83. The van der Waals surface area contributed by atoms with Gasteiger partial charge in [0.05, 0.1) is 30.0 Å². The van der Waals surface area contributed by atoms with Crippen LogP contribution in [-0.2, 0) is 29.8 Å². The molecule has 3 aromatic rings. The molecule has 1 unspecified atom stereocenters. The second-order valence-electron chi connectivity index (χ2n) is 8.23. The lowest BCUT2D eigenvalue weighted by atomic mass is 10.2. The molecule has 0 spiro atoms. The molecule has 0 fully saturated rings. The number of rotatable bonds is 13. The van der Waals surface area contributed by atoms with Gasteiger partial charge < -0.3 is 23.6 Å². The lowest BCUT2D eigenvalue weighted by Gasteiger charge is -2.16. The van der Waals surface area contributed by atoms with E-state index in [1.54, 1.807) is 32.4 Å². The highest BCUT2D eigenvalue weighted by molar-refractivity contribution is 7.90. The van der Waals surface area contributed by atoms with Crippen molar-refractivity contribution in [3.05, 3.63) is 59.1 Å². The van der Waals surface area contributed by atoms with Gasteiger partial charge in [-0.25, -0.2) is 13.4 Å². The van der Waals surface area contributed by atoms with Crippen LogP contribution in [0, 0.1) is 0 Å². The third kappa shape index (κ3) is 8.90. The number of ether oxygens (including phenoxy) is 3. The van der Waals surface area contributed by atoms with E-state index in [1.807, 2.05) is 0 Å². The first-order valence-corrected chi connectivity index (χ1v) is 15.9. The maximum absolute atomic E-state index is 13.1. The van der Waals surface area contributed by atoms with Crippen LogP contribution in [0.5, 0.6) is 17.2 Å². The second kappa shape index (κ2) is 12.8. The highest BCUT2D eigenvalue weighted by Crippen LogP contribution is 2.45. The fourth-order valence-electron chi connectivity index (χ4n) is 3.28. The van der Waals surface area contributed by atoms with Gasteiger partial charge in [0.1, 0.15) is 23.4 Å². The van der Waals surface area contributed by atoms with Crippen molar-refractivity contribution in [3.8, 4) is 17.2 Å². The Morgan fingerprint density at radius 3 is 2.47 bits per heavy atom. The Hall–Kier alpha value is -2.80. The molecule has 38 heavy (non-hydrogen) atoms. The first-order chi connectivity index (χ1) is 17.9. The minimum atomic E-state index is -3.82. The summed E-state index contributed by atoms with van der Waals surface area (Å²) in [6.45, 7) is 3.83. The predicted molar refractivity (Wildman–Crippen MR) is 143 cm³/mol. The Bertz CT molecular complexity index is 1410. The summed E-state index contributed by atoms with van der Waals surface area (Å²) in [6.07, 6.45) is 0.522. The average molecular weight is 585 g/mol. The number of carbonyl (C=O) groups is 1. The van der Waals surface area contributed by atoms with Gasteiger partial charge in [-0.15, -0.1) is 11.3 Å². The molecule has 0 aliphatic carbocycles. The average Bonchev–Trinajstić information content (AvgIpc) is 3.24. The van der Waals surface area contributed by atoms with Gasteiger partial charge in [-0.05, 0) is 50.2 Å². The zero-order chi connectivity index (χ0) is 27.9. The number of hydrogen-bond acceptors (Lipinski definition) is 10. The van der Waals surface area contributed by atoms with E-state index in [0.717, 1.165) is 17.6 Å². The monoisotopic (exact) mass is 584 g/mol. The summed E-state index contributed by atoms with van der Waals surface area (Å²) in [5.74, 6) is 0.480. The van der Waals surface area contributed by atoms with Crippen molar-refractivity contribution in [3.63, 3.8) is 0 Å². The summed E-state index contributed by atoms with van der Waals surface area (Å²) in [4.78, 5) is 27.2. The van der Waals surface area contributed by atoms with Gasteiger partial charge in [0.25, 0.3) is 5.91 Å². The lowest BCUT2D eigenvalue weighted by molar-refractivity contribution is 0.0916. The zero-order valence-corrected chi connectivity index (χ0v) is 23.8. The maximum Gasteiger partial charge on any atom is 0.334 e. The molecule has 1 heterocycles. The van der Waals surface area contributed by atoms with Gasteiger partial charge in [0.2, 0.25) is 0 Å². The Kier molecular flexibility index (Phi) is 10.0. The van der Waals surface area contributed by atoms with Gasteiger partial charge >= 0.3 is 7.60 Å². The van der Waals surface area contributed by atoms with Gasteiger partial charge in [-0.1, -0.05) is 0 Å². The highest BCUT2D eigenvalue weighted by atomic mass is 32.2. The van der Waals surface area contributed by atoms with Crippen molar-refractivity contribution in [1.82, 2.24) is 4.98 Å². The molecule has 0 aliphatic heterocycles. The molecule has 11 nitrogen and oxygen atoms in total. The van der Waals surface area contributed by atoms with Gasteiger partial charge in [0.15, 0.2) is 15.0 Å². The highest BCUT2D eigenvalue weighted by Gasteiger charge is 2.22. The summed E-state index contributed by atoms with van der Waals surface area (Å²) in [7, 11) is -5.63. The number of nitrogens with one attached hydrogen (secondary N) is 1. The summed E-state index contributed by atoms with van der Waals surface area (Å²) in [6, 6.07) is 10.5. The topological polar surface area (TPSA) is 150 Å². The number of carbonyl (C=O) groups excluding carboxylic acids is 1. The molecule has 0 bridgehead atoms. The smallest absolute Gasteiger partial charge is 0.334 e. The molecule has 1 amide bonds. The molecule has 2 N–H and O–H groups in total. The maximum atomic E-state index is 13.1. The SMILES string of the molecule is CCOP(=O)(O)Cc1csc(NC(=O)c2cc(Oc3ccc(S(C)(=O)=O)cc3)cc(O[C@@H](C)COC)c2)n1. The van der Waals surface area contributed by atoms with Crippen LogP contribution in [-0.4, -0.2) is 56.9 Å². The number of nitrogens with zero attached hydrogens (tertiary/aromatic N) is 1. The van der Waals surface area contributed by atoms with E-state index in [0.29, 0.717) is 23.8 Å². The summed E-state index contributed by atoms with van der Waals surface area (Å²) < 4.78 is 57.2. The van der Waals surface area contributed by atoms with E-state index >= 15 is 0 Å². The normalized spacial score (nSPS) is 13.9. The van der Waals surface area contributed by atoms with Crippen molar-refractivity contribution in [2.45, 2.75) is 31.0 Å². The minimum Gasteiger partial charge on any atom is -0.488 e. The molecule has 2 aromatic carbocycles. The fourth-order valence-corrected chi connectivity index (χ4v) is 5.81. The fraction of sp³-hybridized carbons (Fsp3) is 0.333. The van der Waals surface area contributed by atoms with Crippen LogP contribution in [0.15, 0.2) is 52.7 Å². The Labute approximate surface area is 225 Å². The molecule has 3 rings (SSSR count). The number of sulfone groups is 1. The molecular weight excluding hydrogens is 555 g/mol. The largest absolute Gasteiger partial charge is 0.488 e. The quantitative estimate of drug-likeness (QED) is 0.270. The number of methoxy groups -OCH3 is 1. The number of amides is 1. The van der Waals surface area contributed by atoms with Gasteiger partial charge in [-0.2, -0.15) is 0 Å². The number of thiazole rings is 1. The zero-order valence-electron chi connectivity index (χ0n) is 21.2. The number of benzene rings is 2. The van der Waals surface area contributed by atoms with Crippen LogP contribution in [0.4, 0.5) is 5.13 Å². The molecule has 0 radical (unpaired) electrons. The predicted octanol–water partition coefficient (Wildman–Crippen LogP) is 4.73. The van der Waals surface area contributed by atoms with E-state index in [-0.39, 0.29) is 40.2 Å². The van der Waals surface area contributed by atoms with Crippen LogP contribution >= 0.6 is 18.9 Å². The van der Waals surface area contributed by atoms with E-state index in [9.17, 15) is 22.7 Å². The van der Waals surface area contributed by atoms with Crippen LogP contribution in [0.2, 0.25) is 0 Å². The first kappa shape index (κ1) is 29.8. The van der Waals surface area contributed by atoms with Crippen molar-refractivity contribution < 1.29 is 41.4 Å². The molecule has 2 atom stereocenters. The first-order valence-electron chi connectivity index (χ1n) is 11.4. The van der Waals surface area contributed by atoms with Crippen LogP contribution in [0.1, 0.15) is 29.9 Å². The molecule has 0 saturated carbocycles. The van der Waals surface area contributed by atoms with Crippen LogP contribution < -0.4 is 14.8 Å². The van der Waals surface area contributed by atoms with Crippen molar-refractivity contribution in [2.24, 2.45) is 0 Å². The molecular formula is C24H29N2O9PS2. The van der Waals surface area contributed by atoms with Crippen molar-refractivity contribution in [2.75, 3.05) is 31.9 Å². The molecule has 206 valence electrons. The van der Waals surface area contributed by atoms with E-state index < -0.39 is 23.3 Å². The summed E-state index contributed by atoms with van der Waals surface area (Å²) >= 11 is 1.10. The Morgan fingerprint density at radius 2 is 1.84 bits per heavy atom. The molecule has 1 aromatic heterocycles. The molecule has 0 aliphatic rings. The summed E-state index contributed by atoms with van der Waals surface area (Å²) in [5.41, 5.74) is 0.519. The van der Waals surface area contributed by atoms with Crippen molar-refractivity contribution >= 4 is 39.8 Å². The van der Waals surface area contributed by atoms with Crippen molar-refractivity contribution in [1.29, 1.82) is 0 Å². The minimum absolute atomic E-state index is 0.0924. The van der Waals surface area contributed by atoms with E-state index in [4.69, 9.17) is 18.7 Å². The standard InChI is InChI=1S/C24H29N2O9PS2/c1-5-33-36(28,29)14-18-15-37-24(25-18)26-23(27)17-10-20(34-16(2)13-32-3)12-21(11-17)35-19-6-8-22(9-7-19)38(4,30)31/h6-12,15-16H,5,13-14H2,1-4H3,(H,28,29)(H,25,26,27)/t16-/m0/s1. The van der Waals surface area contributed by atoms with E-state index in [2.05, 4.69) is 10.3 Å². The molecule has 14 heteroatoms. The van der Waals surface area contributed by atoms with Gasteiger partial charge in [0, 0.05) is 30.4 Å². The van der Waals surface area contributed by atoms with Gasteiger partial charge in [-0.3, -0.25) is 14.7 Å². The number of anilines is 1. The van der Waals surface area contributed by atoms with Crippen LogP contribution in [0.3, 0.4) is 0 Å². The Morgan fingerprint density at radius 1 is 1.16 bits per heavy atom. The third-order valence-electron chi connectivity index (χ3n) is 4.83. The third-order valence-corrected chi connectivity index (χ3v) is 8.15. The summed E-state index contributed by atoms with van der Waals surface area (Å²) in [5, 5.41) is 4.47.